The van der Waals surface area contributed by atoms with Crippen molar-refractivity contribution in [3.63, 3.8) is 0 Å². The number of benzene rings is 1. The van der Waals surface area contributed by atoms with E-state index in [-0.39, 0.29) is 24.4 Å². The van der Waals surface area contributed by atoms with E-state index in [9.17, 15) is 14.4 Å². The maximum absolute atomic E-state index is 12.2. The molecule has 1 amide bonds. The highest BCUT2D eigenvalue weighted by molar-refractivity contribution is 5.81. The predicted octanol–water partition coefficient (Wildman–Crippen LogP) is 1.16. The van der Waals surface area contributed by atoms with Gasteiger partial charge in [0.05, 0.1) is 11.6 Å². The van der Waals surface area contributed by atoms with E-state index >= 15 is 0 Å². The second-order valence-electron chi connectivity index (χ2n) is 5.25. The number of aliphatic carboxylic acids is 1. The van der Waals surface area contributed by atoms with Gasteiger partial charge < -0.3 is 10.4 Å². The third-order valence-corrected chi connectivity index (χ3v) is 3.44. The van der Waals surface area contributed by atoms with Crippen LogP contribution in [0.3, 0.4) is 0 Å². The van der Waals surface area contributed by atoms with Gasteiger partial charge in [0.15, 0.2) is 0 Å². The van der Waals surface area contributed by atoms with Crippen LogP contribution in [-0.2, 0) is 16.1 Å². The van der Waals surface area contributed by atoms with E-state index in [1.54, 1.807) is 24.4 Å². The van der Waals surface area contributed by atoms with Gasteiger partial charge in [-0.25, -0.2) is 4.68 Å². The summed E-state index contributed by atoms with van der Waals surface area (Å²) in [4.78, 5) is 34.4. The quantitative estimate of drug-likeness (QED) is 0.711. The molecule has 7 nitrogen and oxygen atoms in total. The number of carboxylic acids is 1. The molecular weight excluding hydrogens is 298 g/mol. The molecule has 1 aromatic carbocycles. The smallest absolute Gasteiger partial charge is 0.303 e. The van der Waals surface area contributed by atoms with Crippen LogP contribution in [0.5, 0.6) is 0 Å². The molecule has 1 heterocycles. The molecule has 0 bridgehead atoms. The number of aromatic nitrogens is 2. The molecule has 7 heteroatoms. The minimum atomic E-state index is -0.809. The minimum Gasteiger partial charge on any atom is -0.481 e. The molecule has 0 spiro atoms. The fourth-order valence-electron chi connectivity index (χ4n) is 2.24. The second kappa shape index (κ2) is 8.07. The van der Waals surface area contributed by atoms with Gasteiger partial charge in [-0.15, -0.1) is 0 Å². The number of carboxylic acid groups (broad SMARTS) is 1. The lowest BCUT2D eigenvalue weighted by Gasteiger charge is -2.07. The first-order chi connectivity index (χ1) is 11.1. The zero-order valence-electron chi connectivity index (χ0n) is 12.7. The highest BCUT2D eigenvalue weighted by Crippen LogP contribution is 2.06. The van der Waals surface area contributed by atoms with Gasteiger partial charge >= 0.3 is 5.97 Å². The summed E-state index contributed by atoms with van der Waals surface area (Å²) < 4.78 is 1.14. The van der Waals surface area contributed by atoms with Crippen LogP contribution in [0.1, 0.15) is 25.7 Å². The van der Waals surface area contributed by atoms with Gasteiger partial charge in [-0.3, -0.25) is 14.4 Å². The van der Waals surface area contributed by atoms with Crippen LogP contribution in [0, 0.1) is 0 Å². The van der Waals surface area contributed by atoms with Crippen LogP contribution < -0.4 is 10.9 Å². The lowest BCUT2D eigenvalue weighted by molar-refractivity contribution is -0.137. The number of rotatable bonds is 8. The molecule has 0 radical (unpaired) electrons. The van der Waals surface area contributed by atoms with Crippen LogP contribution in [0.4, 0.5) is 0 Å². The second-order valence-corrected chi connectivity index (χ2v) is 5.25. The van der Waals surface area contributed by atoms with Gasteiger partial charge in [-0.1, -0.05) is 24.6 Å². The van der Waals surface area contributed by atoms with E-state index < -0.39 is 5.97 Å². The third kappa shape index (κ3) is 4.91. The van der Waals surface area contributed by atoms with Crippen LogP contribution in [0.25, 0.3) is 10.8 Å². The van der Waals surface area contributed by atoms with E-state index in [0.29, 0.717) is 24.8 Å². The Kier molecular flexibility index (Phi) is 5.85. The molecular formula is C16H19N3O4. The largest absolute Gasteiger partial charge is 0.481 e. The molecule has 2 N–H and O–H groups in total. The highest BCUT2D eigenvalue weighted by atomic mass is 16.4. The molecule has 0 fully saturated rings. The van der Waals surface area contributed by atoms with Crippen molar-refractivity contribution in [2.24, 2.45) is 0 Å². The summed E-state index contributed by atoms with van der Waals surface area (Å²) in [6.07, 6.45) is 3.75. The third-order valence-electron chi connectivity index (χ3n) is 3.44. The average Bonchev–Trinajstić information content (AvgIpc) is 2.53. The Balaban J connectivity index is 1.83. The maximum atomic E-state index is 12.2. The average molecular weight is 317 g/mol. The minimum absolute atomic E-state index is 0.126. The van der Waals surface area contributed by atoms with Crippen molar-refractivity contribution in [3.05, 3.63) is 40.8 Å². The molecule has 0 aliphatic rings. The Labute approximate surface area is 132 Å². The number of hydrogen-bond acceptors (Lipinski definition) is 4. The molecule has 2 aromatic rings. The molecule has 1 aromatic heterocycles. The number of carbonyl (C=O) groups is 2. The van der Waals surface area contributed by atoms with Crippen molar-refractivity contribution < 1.29 is 14.7 Å². The van der Waals surface area contributed by atoms with Crippen molar-refractivity contribution in [2.75, 3.05) is 6.54 Å². The molecule has 122 valence electrons. The Morgan fingerprint density at radius 2 is 1.96 bits per heavy atom. The summed E-state index contributed by atoms with van der Waals surface area (Å²) in [7, 11) is 0. The summed E-state index contributed by atoms with van der Waals surface area (Å²) in [5, 5.41) is 16.5. The molecule has 0 atom stereocenters. The first-order valence-corrected chi connectivity index (χ1v) is 7.51. The van der Waals surface area contributed by atoms with Crippen LogP contribution in [0.2, 0.25) is 0 Å². The molecule has 0 aliphatic carbocycles. The van der Waals surface area contributed by atoms with Crippen molar-refractivity contribution in [1.82, 2.24) is 15.1 Å². The van der Waals surface area contributed by atoms with Gasteiger partial charge in [0, 0.05) is 18.4 Å². The number of amides is 1. The van der Waals surface area contributed by atoms with Crippen molar-refractivity contribution >= 4 is 22.6 Å². The fraction of sp³-hybridized carbons (Fsp3) is 0.375. The monoisotopic (exact) mass is 317 g/mol. The number of nitrogens with zero attached hydrogens (tertiary/aromatic N) is 2. The Morgan fingerprint density at radius 1 is 1.17 bits per heavy atom. The Hall–Kier alpha value is -2.70. The van der Waals surface area contributed by atoms with E-state index in [1.165, 1.54) is 0 Å². The molecule has 0 saturated heterocycles. The first-order valence-electron chi connectivity index (χ1n) is 7.51. The van der Waals surface area contributed by atoms with E-state index in [2.05, 4.69) is 10.4 Å². The number of fused-ring (bicyclic) bond motifs is 1. The van der Waals surface area contributed by atoms with Crippen molar-refractivity contribution in [2.45, 2.75) is 32.2 Å². The number of unbranched alkanes of at least 4 members (excludes halogenated alkanes) is 2. The van der Waals surface area contributed by atoms with Gasteiger partial charge in [-0.05, 0) is 18.9 Å². The SMILES string of the molecule is O=C(O)CCCCCNC(=O)Cn1ncc2ccccc2c1=O. The zero-order chi connectivity index (χ0) is 16.7. The maximum Gasteiger partial charge on any atom is 0.303 e. The standard InChI is InChI=1S/C16H19N3O4/c20-14(17-9-5-1-2-8-15(21)22)11-19-16(23)13-7-4-3-6-12(13)10-18-19/h3-4,6-7,10H,1-2,5,8-9,11H2,(H,17,20)(H,21,22). The van der Waals surface area contributed by atoms with Gasteiger partial charge in [0.1, 0.15) is 6.54 Å². The summed E-state index contributed by atoms with van der Waals surface area (Å²) >= 11 is 0. The number of hydrogen-bond donors (Lipinski definition) is 2. The molecule has 0 aliphatic heterocycles. The molecule has 0 unspecified atom stereocenters. The van der Waals surface area contributed by atoms with E-state index in [4.69, 9.17) is 5.11 Å². The van der Waals surface area contributed by atoms with Gasteiger partial charge in [0.25, 0.3) is 5.56 Å². The van der Waals surface area contributed by atoms with Crippen LogP contribution in [0.15, 0.2) is 35.3 Å². The van der Waals surface area contributed by atoms with E-state index in [0.717, 1.165) is 16.5 Å². The zero-order valence-corrected chi connectivity index (χ0v) is 12.7. The molecule has 0 saturated carbocycles. The van der Waals surface area contributed by atoms with E-state index in [1.807, 2.05) is 6.07 Å². The Bertz CT molecular complexity index is 754. The summed E-state index contributed by atoms with van der Waals surface area (Å²) in [5.41, 5.74) is -0.292. The van der Waals surface area contributed by atoms with Crippen molar-refractivity contribution in [1.29, 1.82) is 0 Å². The van der Waals surface area contributed by atoms with Crippen LogP contribution in [-0.4, -0.2) is 33.3 Å². The summed E-state index contributed by atoms with van der Waals surface area (Å²) in [6, 6.07) is 7.09. The van der Waals surface area contributed by atoms with Gasteiger partial charge in [-0.2, -0.15) is 5.10 Å². The predicted molar refractivity (Wildman–Crippen MR) is 85.1 cm³/mol. The molecule has 23 heavy (non-hydrogen) atoms. The first kappa shape index (κ1) is 16.7. The summed E-state index contributed by atoms with van der Waals surface area (Å²) in [6.45, 7) is 0.333. The normalized spacial score (nSPS) is 10.6. The van der Waals surface area contributed by atoms with Crippen molar-refractivity contribution in [3.8, 4) is 0 Å². The fourth-order valence-corrected chi connectivity index (χ4v) is 2.24. The number of carbonyl (C=O) groups excluding carboxylic acids is 1. The topological polar surface area (TPSA) is 101 Å². The molecule has 2 rings (SSSR count). The summed E-state index contributed by atoms with van der Waals surface area (Å²) in [5.74, 6) is -1.09. The highest BCUT2D eigenvalue weighted by Gasteiger charge is 2.07. The lowest BCUT2D eigenvalue weighted by Crippen LogP contribution is -2.34. The lowest BCUT2D eigenvalue weighted by atomic mass is 10.2. The Morgan fingerprint density at radius 3 is 2.74 bits per heavy atom. The van der Waals surface area contributed by atoms with Crippen LogP contribution >= 0.6 is 0 Å². The van der Waals surface area contributed by atoms with Gasteiger partial charge in [0.2, 0.25) is 5.91 Å². The number of nitrogens with one attached hydrogen (secondary N) is 1.